The lowest BCUT2D eigenvalue weighted by atomic mass is 10.3. The highest BCUT2D eigenvalue weighted by Crippen LogP contribution is 2.30. The topological polar surface area (TPSA) is 0 Å². The average molecular weight is 95.2 g/mol. The molecular formula is C7H11. The summed E-state index contributed by atoms with van der Waals surface area (Å²) in [5, 5.41) is 0. The third kappa shape index (κ3) is 1.77. The van der Waals surface area contributed by atoms with E-state index in [0.29, 0.717) is 0 Å². The molecule has 0 bridgehead atoms. The predicted octanol–water partition coefficient (Wildman–Crippen LogP) is 2.18. The maximum atomic E-state index is 3.78. The molecule has 0 aromatic rings. The van der Waals surface area contributed by atoms with Crippen molar-refractivity contribution < 1.29 is 0 Å². The molecule has 0 aliphatic heterocycles. The minimum absolute atomic E-state index is 0.900. The number of hydrogen-bond donors (Lipinski definition) is 0. The second kappa shape index (κ2) is 1.69. The van der Waals surface area contributed by atoms with Gasteiger partial charge in [-0.05, 0) is 32.6 Å². The van der Waals surface area contributed by atoms with Crippen LogP contribution in [0.4, 0.5) is 0 Å². The second-order valence-electron chi connectivity index (χ2n) is 2.35. The summed E-state index contributed by atoms with van der Waals surface area (Å²) < 4.78 is 0. The van der Waals surface area contributed by atoms with E-state index in [1.54, 1.807) is 0 Å². The number of rotatable bonds is 1. The molecule has 0 spiro atoms. The normalized spacial score (nSPS) is 22.9. The van der Waals surface area contributed by atoms with Gasteiger partial charge in [0.25, 0.3) is 0 Å². The number of allylic oxidation sites excluding steroid dienone is 2. The first-order chi connectivity index (χ1) is 3.29. The zero-order valence-electron chi connectivity index (χ0n) is 4.78. The van der Waals surface area contributed by atoms with Crippen LogP contribution in [0.3, 0.4) is 0 Å². The van der Waals surface area contributed by atoms with Gasteiger partial charge < -0.3 is 0 Å². The molecule has 0 aromatic heterocycles. The van der Waals surface area contributed by atoms with E-state index in [4.69, 9.17) is 0 Å². The molecule has 7 heavy (non-hydrogen) atoms. The minimum atomic E-state index is 0.900. The summed E-state index contributed by atoms with van der Waals surface area (Å²) in [6.45, 7) is 5.83. The van der Waals surface area contributed by atoms with E-state index in [2.05, 4.69) is 19.9 Å². The minimum Gasteiger partial charge on any atom is -0.0825 e. The van der Waals surface area contributed by atoms with Crippen LogP contribution in [0.5, 0.6) is 0 Å². The van der Waals surface area contributed by atoms with Crippen LogP contribution in [0.15, 0.2) is 11.6 Å². The van der Waals surface area contributed by atoms with Crippen LogP contribution < -0.4 is 0 Å². The Morgan fingerprint density at radius 2 is 2.29 bits per heavy atom. The predicted molar refractivity (Wildman–Crippen MR) is 31.8 cm³/mol. The molecule has 0 N–H and O–H groups in total. The van der Waals surface area contributed by atoms with Gasteiger partial charge in [-0.3, -0.25) is 0 Å². The first kappa shape index (κ1) is 4.89. The Bertz CT molecular complexity index is 82.2. The fourth-order valence-corrected chi connectivity index (χ4v) is 0.665. The van der Waals surface area contributed by atoms with Crippen molar-refractivity contribution in [3.05, 3.63) is 18.6 Å². The van der Waals surface area contributed by atoms with Crippen LogP contribution in [0.2, 0.25) is 0 Å². The van der Waals surface area contributed by atoms with Gasteiger partial charge in [-0.1, -0.05) is 11.6 Å². The Morgan fingerprint density at radius 1 is 1.71 bits per heavy atom. The summed E-state index contributed by atoms with van der Waals surface area (Å²) in [6, 6.07) is 0. The van der Waals surface area contributed by atoms with Crippen LogP contribution in [-0.4, -0.2) is 0 Å². The Morgan fingerprint density at radius 3 is 2.43 bits per heavy atom. The summed E-state index contributed by atoms with van der Waals surface area (Å²) in [5.41, 5.74) is 1.22. The third-order valence-corrected chi connectivity index (χ3v) is 1.14. The van der Waals surface area contributed by atoms with Gasteiger partial charge in [-0.2, -0.15) is 0 Å². The Balaban J connectivity index is 2.29. The molecule has 1 saturated carbocycles. The maximum absolute atomic E-state index is 3.78. The van der Waals surface area contributed by atoms with Gasteiger partial charge in [0.1, 0.15) is 0 Å². The molecule has 0 saturated heterocycles. The van der Waals surface area contributed by atoms with Gasteiger partial charge in [-0.15, -0.1) is 0 Å². The molecule has 1 radical (unpaired) electrons. The molecule has 0 aromatic carbocycles. The van der Waals surface area contributed by atoms with E-state index in [1.807, 2.05) is 0 Å². The standard InChI is InChI=1S/C7H11/c1-6(2)5-7-3-4-7/h5,7H,1,3-4H2,2H3/b6-5-. The van der Waals surface area contributed by atoms with Gasteiger partial charge in [0.15, 0.2) is 0 Å². The lowest BCUT2D eigenvalue weighted by Crippen LogP contribution is -1.65. The zero-order chi connectivity index (χ0) is 5.28. The summed E-state index contributed by atoms with van der Waals surface area (Å²) in [6.07, 6.45) is 5.04. The molecule has 0 heterocycles. The van der Waals surface area contributed by atoms with Crippen molar-refractivity contribution in [1.29, 1.82) is 0 Å². The van der Waals surface area contributed by atoms with Crippen molar-refractivity contribution in [2.45, 2.75) is 19.8 Å². The van der Waals surface area contributed by atoms with Gasteiger partial charge >= 0.3 is 0 Å². The molecule has 0 nitrogen and oxygen atoms in total. The van der Waals surface area contributed by atoms with Crippen LogP contribution in [-0.2, 0) is 0 Å². The largest absolute Gasteiger partial charge is 0.0825 e. The fraction of sp³-hybridized carbons (Fsp3) is 0.571. The summed E-state index contributed by atoms with van der Waals surface area (Å²) in [5.74, 6) is 0.900. The number of hydrogen-bond acceptors (Lipinski definition) is 0. The summed E-state index contributed by atoms with van der Waals surface area (Å²) in [4.78, 5) is 0. The van der Waals surface area contributed by atoms with Crippen molar-refractivity contribution in [1.82, 2.24) is 0 Å². The smallest absolute Gasteiger partial charge is 0.0231 e. The zero-order valence-corrected chi connectivity index (χ0v) is 4.78. The van der Waals surface area contributed by atoms with E-state index in [-0.39, 0.29) is 0 Å². The quantitative estimate of drug-likeness (QED) is 0.468. The van der Waals surface area contributed by atoms with E-state index < -0.39 is 0 Å². The Kier molecular flexibility index (Phi) is 1.18. The highest BCUT2D eigenvalue weighted by Gasteiger charge is 2.17. The SMILES string of the molecule is [CH2]/C(C)=C/C1CC1. The molecule has 0 atom stereocenters. The molecule has 1 fully saturated rings. The van der Waals surface area contributed by atoms with Crippen molar-refractivity contribution in [2.24, 2.45) is 5.92 Å². The average Bonchev–Trinajstić information content (AvgIpc) is 2.17. The Labute approximate surface area is 45.2 Å². The van der Waals surface area contributed by atoms with Crippen LogP contribution in [0.1, 0.15) is 19.8 Å². The molecule has 1 aliphatic rings. The van der Waals surface area contributed by atoms with Crippen LogP contribution >= 0.6 is 0 Å². The molecule has 0 unspecified atom stereocenters. The summed E-state index contributed by atoms with van der Waals surface area (Å²) in [7, 11) is 0. The molecule has 0 amide bonds. The van der Waals surface area contributed by atoms with Crippen molar-refractivity contribution in [3.63, 3.8) is 0 Å². The van der Waals surface area contributed by atoms with E-state index in [0.717, 1.165) is 5.92 Å². The van der Waals surface area contributed by atoms with Crippen molar-refractivity contribution in [3.8, 4) is 0 Å². The van der Waals surface area contributed by atoms with Crippen LogP contribution in [0.25, 0.3) is 0 Å². The third-order valence-electron chi connectivity index (χ3n) is 1.14. The van der Waals surface area contributed by atoms with Gasteiger partial charge in [-0.25, -0.2) is 0 Å². The highest BCUT2D eigenvalue weighted by atomic mass is 14.2. The second-order valence-corrected chi connectivity index (χ2v) is 2.35. The fourth-order valence-electron chi connectivity index (χ4n) is 0.665. The van der Waals surface area contributed by atoms with E-state index in [9.17, 15) is 0 Å². The van der Waals surface area contributed by atoms with Crippen molar-refractivity contribution >= 4 is 0 Å². The first-order valence-electron chi connectivity index (χ1n) is 2.79. The van der Waals surface area contributed by atoms with E-state index in [1.165, 1.54) is 18.4 Å². The first-order valence-corrected chi connectivity index (χ1v) is 2.79. The Hall–Kier alpha value is -0.260. The van der Waals surface area contributed by atoms with E-state index >= 15 is 0 Å². The lowest BCUT2D eigenvalue weighted by Gasteiger charge is -1.82. The van der Waals surface area contributed by atoms with Gasteiger partial charge in [0, 0.05) is 0 Å². The van der Waals surface area contributed by atoms with Crippen LogP contribution in [0, 0.1) is 12.8 Å². The molecule has 39 valence electrons. The molecule has 0 heteroatoms. The van der Waals surface area contributed by atoms with Gasteiger partial charge in [0.05, 0.1) is 0 Å². The lowest BCUT2D eigenvalue weighted by molar-refractivity contribution is 1.10. The summed E-state index contributed by atoms with van der Waals surface area (Å²) >= 11 is 0. The maximum Gasteiger partial charge on any atom is -0.0231 e. The molecule has 1 aliphatic carbocycles. The molecular weight excluding hydrogens is 84.1 g/mol. The van der Waals surface area contributed by atoms with Gasteiger partial charge in [0.2, 0.25) is 0 Å². The van der Waals surface area contributed by atoms with Crippen molar-refractivity contribution in [2.75, 3.05) is 0 Å². The molecule has 1 rings (SSSR count). The highest BCUT2D eigenvalue weighted by molar-refractivity contribution is 5.07. The monoisotopic (exact) mass is 95.1 g/mol.